The van der Waals surface area contributed by atoms with Crippen LogP contribution in [0.25, 0.3) is 0 Å². The Morgan fingerprint density at radius 3 is 2.78 bits per heavy atom. The quantitative estimate of drug-likeness (QED) is 0.759. The van der Waals surface area contributed by atoms with Crippen molar-refractivity contribution in [3.8, 4) is 11.5 Å². The largest absolute Gasteiger partial charge is 0.486 e. The van der Waals surface area contributed by atoms with Crippen LogP contribution >= 0.6 is 0 Å². The van der Waals surface area contributed by atoms with Gasteiger partial charge in [0.1, 0.15) is 19.3 Å². The Morgan fingerprint density at radius 1 is 1.30 bits per heavy atom. The van der Waals surface area contributed by atoms with Crippen molar-refractivity contribution in [2.75, 3.05) is 32.8 Å². The number of aliphatic hydroxyl groups is 1. The average molecular weight is 324 g/mol. The van der Waals surface area contributed by atoms with Crippen LogP contribution < -0.4 is 14.8 Å². The number of nitrogens with zero attached hydrogens (tertiary/aromatic N) is 1. The summed E-state index contributed by atoms with van der Waals surface area (Å²) in [4.78, 5) is 13.0. The number of benzene rings is 1. The summed E-state index contributed by atoms with van der Waals surface area (Å²) >= 11 is 0. The van der Waals surface area contributed by atoms with Crippen LogP contribution in [-0.2, 0) is 4.79 Å². The van der Waals surface area contributed by atoms with E-state index in [1.54, 1.807) is 6.07 Å². The van der Waals surface area contributed by atoms with Crippen molar-refractivity contribution < 1.29 is 23.8 Å². The Morgan fingerprint density at radius 2 is 2.04 bits per heavy atom. The van der Waals surface area contributed by atoms with Crippen molar-refractivity contribution >= 4 is 6.41 Å². The Kier molecular flexibility index (Phi) is 4.97. The van der Waals surface area contributed by atoms with Crippen LogP contribution in [0.4, 0.5) is 4.39 Å². The molecule has 2 atom stereocenters. The fourth-order valence-electron chi connectivity index (χ4n) is 3.12. The van der Waals surface area contributed by atoms with Crippen molar-refractivity contribution in [3.05, 3.63) is 23.5 Å². The highest BCUT2D eigenvalue weighted by molar-refractivity contribution is 5.49. The van der Waals surface area contributed by atoms with Crippen LogP contribution in [0.2, 0.25) is 0 Å². The molecule has 0 spiro atoms. The molecule has 1 aromatic carbocycles. The zero-order valence-electron chi connectivity index (χ0n) is 12.8. The molecule has 1 aromatic rings. The lowest BCUT2D eigenvalue weighted by molar-refractivity contribution is -0.111. The van der Waals surface area contributed by atoms with Gasteiger partial charge < -0.3 is 24.8 Å². The first-order chi connectivity index (χ1) is 11.2. The van der Waals surface area contributed by atoms with Crippen LogP contribution in [-0.4, -0.2) is 55.3 Å². The fourth-order valence-corrected chi connectivity index (χ4v) is 3.12. The molecular weight excluding hydrogens is 303 g/mol. The summed E-state index contributed by atoms with van der Waals surface area (Å²) in [7, 11) is 0. The van der Waals surface area contributed by atoms with E-state index in [4.69, 9.17) is 9.47 Å². The van der Waals surface area contributed by atoms with Gasteiger partial charge in [0.2, 0.25) is 6.41 Å². The van der Waals surface area contributed by atoms with Gasteiger partial charge in [-0.05, 0) is 38.1 Å². The van der Waals surface area contributed by atoms with Gasteiger partial charge in [0, 0.05) is 12.1 Å². The third-order valence-corrected chi connectivity index (χ3v) is 4.31. The van der Waals surface area contributed by atoms with E-state index < -0.39 is 18.0 Å². The molecule has 2 N–H and O–H groups in total. The third-order valence-electron chi connectivity index (χ3n) is 4.31. The molecule has 1 saturated heterocycles. The molecule has 23 heavy (non-hydrogen) atoms. The van der Waals surface area contributed by atoms with E-state index in [2.05, 4.69) is 10.2 Å². The molecule has 126 valence electrons. The van der Waals surface area contributed by atoms with Gasteiger partial charge in [-0.3, -0.25) is 4.79 Å². The predicted octanol–water partition coefficient (Wildman–Crippen LogP) is 0.841. The highest BCUT2D eigenvalue weighted by Crippen LogP contribution is 2.37. The number of aliphatic hydroxyl groups excluding tert-OH is 1. The zero-order chi connectivity index (χ0) is 16.2. The molecule has 1 amide bonds. The van der Waals surface area contributed by atoms with Crippen LogP contribution in [0.1, 0.15) is 24.5 Å². The number of likely N-dealkylation sites (tertiary alicyclic amines) is 1. The minimum absolute atomic E-state index is 0.0267. The van der Waals surface area contributed by atoms with E-state index in [9.17, 15) is 14.3 Å². The number of nitrogens with one attached hydrogen (secondary N) is 1. The molecule has 0 saturated carbocycles. The Labute approximate surface area is 134 Å². The van der Waals surface area contributed by atoms with Gasteiger partial charge in [-0.2, -0.15) is 0 Å². The smallest absolute Gasteiger partial charge is 0.207 e. The minimum Gasteiger partial charge on any atom is -0.486 e. The molecule has 2 aliphatic heterocycles. The number of hydrogen-bond acceptors (Lipinski definition) is 5. The van der Waals surface area contributed by atoms with E-state index in [1.165, 1.54) is 6.07 Å². The SMILES string of the molecule is O=CN[C@H](CN1CCCC1)[C@H](O)c1ccc2c(c1F)OCCO2. The number of halogens is 1. The summed E-state index contributed by atoms with van der Waals surface area (Å²) < 4.78 is 25.3. The van der Waals surface area contributed by atoms with Crippen LogP contribution in [0.15, 0.2) is 12.1 Å². The molecular formula is C16H21FN2O4. The predicted molar refractivity (Wildman–Crippen MR) is 81.0 cm³/mol. The second-order valence-electron chi connectivity index (χ2n) is 5.84. The molecule has 3 rings (SSSR count). The second-order valence-corrected chi connectivity index (χ2v) is 5.84. The monoisotopic (exact) mass is 324 g/mol. The molecule has 0 radical (unpaired) electrons. The van der Waals surface area contributed by atoms with Crippen LogP contribution in [0.5, 0.6) is 11.5 Å². The summed E-state index contributed by atoms with van der Waals surface area (Å²) in [5.41, 5.74) is 0.104. The number of hydrogen-bond donors (Lipinski definition) is 2. The number of carbonyl (C=O) groups is 1. The molecule has 1 fully saturated rings. The number of fused-ring (bicyclic) bond motifs is 1. The fraction of sp³-hybridized carbons (Fsp3) is 0.562. The van der Waals surface area contributed by atoms with Gasteiger partial charge in [0.05, 0.1) is 6.04 Å². The maximum absolute atomic E-state index is 14.6. The van der Waals surface area contributed by atoms with Gasteiger partial charge in [-0.1, -0.05) is 0 Å². The van der Waals surface area contributed by atoms with Crippen molar-refractivity contribution in [1.29, 1.82) is 0 Å². The molecule has 0 aromatic heterocycles. The molecule has 0 bridgehead atoms. The summed E-state index contributed by atoms with van der Waals surface area (Å²) in [5, 5.41) is 13.2. The third kappa shape index (κ3) is 3.40. The van der Waals surface area contributed by atoms with E-state index in [-0.39, 0.29) is 17.9 Å². The number of carbonyl (C=O) groups excluding carboxylic acids is 1. The van der Waals surface area contributed by atoms with Crippen LogP contribution in [0, 0.1) is 5.82 Å². The Hall–Kier alpha value is -1.86. The molecule has 2 aliphatic rings. The van der Waals surface area contributed by atoms with Gasteiger partial charge in [-0.25, -0.2) is 4.39 Å². The van der Waals surface area contributed by atoms with Gasteiger partial charge in [0.15, 0.2) is 17.3 Å². The standard InChI is InChI=1S/C16H21FN2O4/c17-14-11(3-4-13-16(14)23-8-7-22-13)15(21)12(18-10-20)9-19-5-1-2-6-19/h3-4,10,12,15,21H,1-2,5-9H2,(H,18,20)/t12-,15-/m1/s1. The van der Waals surface area contributed by atoms with Crippen LogP contribution in [0.3, 0.4) is 0 Å². The van der Waals surface area contributed by atoms with Crippen molar-refractivity contribution in [2.24, 2.45) is 0 Å². The summed E-state index contributed by atoms with van der Waals surface area (Å²) in [6.45, 7) is 2.97. The first-order valence-electron chi connectivity index (χ1n) is 7.89. The van der Waals surface area contributed by atoms with Gasteiger partial charge in [0.25, 0.3) is 0 Å². The van der Waals surface area contributed by atoms with Gasteiger partial charge >= 0.3 is 0 Å². The van der Waals surface area contributed by atoms with E-state index in [1.807, 2.05) is 0 Å². The maximum atomic E-state index is 14.6. The highest BCUT2D eigenvalue weighted by atomic mass is 19.1. The lowest BCUT2D eigenvalue weighted by atomic mass is 10.0. The zero-order valence-corrected chi connectivity index (χ0v) is 12.8. The van der Waals surface area contributed by atoms with E-state index >= 15 is 0 Å². The average Bonchev–Trinajstić information content (AvgIpc) is 3.08. The summed E-state index contributed by atoms with van der Waals surface area (Å²) in [6.07, 6.45) is 1.58. The van der Waals surface area contributed by atoms with Gasteiger partial charge in [-0.15, -0.1) is 0 Å². The van der Waals surface area contributed by atoms with Crippen molar-refractivity contribution in [2.45, 2.75) is 25.0 Å². The minimum atomic E-state index is -1.16. The van der Waals surface area contributed by atoms with Crippen molar-refractivity contribution in [3.63, 3.8) is 0 Å². The highest BCUT2D eigenvalue weighted by Gasteiger charge is 2.29. The molecule has 2 heterocycles. The lowest BCUT2D eigenvalue weighted by Crippen LogP contribution is -2.43. The first kappa shape index (κ1) is 16.0. The normalized spacial score (nSPS) is 20.1. The first-order valence-corrected chi connectivity index (χ1v) is 7.89. The summed E-state index contributed by atoms with van der Waals surface area (Å²) in [6, 6.07) is 2.49. The Bertz CT molecular complexity index is 563. The van der Waals surface area contributed by atoms with Crippen molar-refractivity contribution in [1.82, 2.24) is 10.2 Å². The molecule has 6 nitrogen and oxygen atoms in total. The number of amides is 1. The Balaban J connectivity index is 1.81. The summed E-state index contributed by atoms with van der Waals surface area (Å²) in [5.74, 6) is -0.267. The van der Waals surface area contributed by atoms with E-state index in [0.717, 1.165) is 25.9 Å². The lowest BCUT2D eigenvalue weighted by Gasteiger charge is -2.28. The maximum Gasteiger partial charge on any atom is 0.207 e. The number of rotatable bonds is 6. The molecule has 0 aliphatic carbocycles. The number of ether oxygens (including phenoxy) is 2. The molecule has 0 unspecified atom stereocenters. The topological polar surface area (TPSA) is 71.0 Å². The second kappa shape index (κ2) is 7.14. The molecule has 7 heteroatoms. The van der Waals surface area contributed by atoms with E-state index in [0.29, 0.717) is 25.3 Å².